The Morgan fingerprint density at radius 2 is 1.90 bits per heavy atom. The van der Waals surface area contributed by atoms with Gasteiger partial charge < -0.3 is 0 Å². The molecule has 3 rings (SSSR count). The number of aromatic nitrogens is 2. The second kappa shape index (κ2) is 5.92. The third-order valence-electron chi connectivity index (χ3n) is 4.14. The molecule has 104 valence electrons. The van der Waals surface area contributed by atoms with E-state index in [1.165, 1.54) is 36.8 Å². The molecular weight excluding hydrogens is 268 g/mol. The zero-order valence-corrected chi connectivity index (χ0v) is 12.5. The summed E-state index contributed by atoms with van der Waals surface area (Å²) in [7, 11) is 0. The van der Waals surface area contributed by atoms with E-state index in [0.29, 0.717) is 11.1 Å². The molecule has 0 aliphatic heterocycles. The van der Waals surface area contributed by atoms with Gasteiger partial charge in [0.25, 0.3) is 0 Å². The average molecular weight is 287 g/mol. The molecule has 0 radical (unpaired) electrons. The summed E-state index contributed by atoms with van der Waals surface area (Å²) >= 11 is 6.18. The molecule has 2 nitrogen and oxygen atoms in total. The zero-order valence-electron chi connectivity index (χ0n) is 11.8. The molecule has 0 saturated heterocycles. The molecule has 1 aliphatic rings. The summed E-state index contributed by atoms with van der Waals surface area (Å²) in [6.07, 6.45) is 5.83. The van der Waals surface area contributed by atoms with Crippen molar-refractivity contribution in [2.24, 2.45) is 0 Å². The van der Waals surface area contributed by atoms with E-state index in [-0.39, 0.29) is 0 Å². The van der Waals surface area contributed by atoms with Gasteiger partial charge in [0.15, 0.2) is 0 Å². The van der Waals surface area contributed by atoms with E-state index >= 15 is 0 Å². The number of rotatable bonds is 3. The third kappa shape index (κ3) is 3.01. The Bertz CT molecular complexity index is 604. The molecule has 1 aromatic carbocycles. The smallest absolute Gasteiger partial charge is 0.134 e. The van der Waals surface area contributed by atoms with Gasteiger partial charge in [-0.15, -0.1) is 0 Å². The predicted molar refractivity (Wildman–Crippen MR) is 82.2 cm³/mol. The molecule has 0 unspecified atom stereocenters. The maximum atomic E-state index is 6.18. The Labute approximate surface area is 125 Å². The number of hydrogen-bond donors (Lipinski definition) is 0. The summed E-state index contributed by atoms with van der Waals surface area (Å²) in [4.78, 5) is 9.15. The lowest BCUT2D eigenvalue weighted by Crippen LogP contribution is -2.04. The number of nitrogens with zero attached hydrogens (tertiary/aromatic N) is 2. The van der Waals surface area contributed by atoms with E-state index in [1.54, 1.807) is 0 Å². The lowest BCUT2D eigenvalue weighted by atomic mass is 10.0. The van der Waals surface area contributed by atoms with Crippen molar-refractivity contribution in [3.05, 3.63) is 58.1 Å². The van der Waals surface area contributed by atoms with Gasteiger partial charge in [-0.3, -0.25) is 0 Å². The molecule has 20 heavy (non-hydrogen) atoms. The van der Waals surface area contributed by atoms with Crippen LogP contribution < -0.4 is 0 Å². The van der Waals surface area contributed by atoms with Crippen LogP contribution >= 0.6 is 11.6 Å². The minimum absolute atomic E-state index is 0.575. The first kappa shape index (κ1) is 13.6. The van der Waals surface area contributed by atoms with Gasteiger partial charge in [0, 0.05) is 18.0 Å². The third-order valence-corrected chi connectivity index (χ3v) is 4.34. The highest BCUT2D eigenvalue weighted by molar-refractivity contribution is 6.29. The van der Waals surface area contributed by atoms with E-state index in [9.17, 15) is 0 Å². The fourth-order valence-electron chi connectivity index (χ4n) is 2.97. The first-order chi connectivity index (χ1) is 9.72. The fourth-order valence-corrected chi connectivity index (χ4v) is 3.18. The van der Waals surface area contributed by atoms with Crippen LogP contribution in [0.2, 0.25) is 5.15 Å². The summed E-state index contributed by atoms with van der Waals surface area (Å²) in [6.45, 7) is 2.12. The minimum atomic E-state index is 0.575. The van der Waals surface area contributed by atoms with E-state index < -0.39 is 0 Å². The van der Waals surface area contributed by atoms with Crippen molar-refractivity contribution in [1.29, 1.82) is 0 Å². The molecule has 0 N–H and O–H groups in total. The largest absolute Gasteiger partial charge is 0.237 e. The quantitative estimate of drug-likeness (QED) is 0.765. The average Bonchev–Trinajstić information content (AvgIpc) is 2.95. The number of halogens is 1. The topological polar surface area (TPSA) is 25.8 Å². The van der Waals surface area contributed by atoms with Crippen molar-refractivity contribution in [3.63, 3.8) is 0 Å². The summed E-state index contributed by atoms with van der Waals surface area (Å²) in [6, 6.07) is 10.3. The second-order valence-electron chi connectivity index (χ2n) is 5.62. The van der Waals surface area contributed by atoms with Crippen LogP contribution in [0.5, 0.6) is 0 Å². The Kier molecular flexibility index (Phi) is 4.02. The highest BCUT2D eigenvalue weighted by Crippen LogP contribution is 2.33. The van der Waals surface area contributed by atoms with Gasteiger partial charge >= 0.3 is 0 Å². The van der Waals surface area contributed by atoms with Gasteiger partial charge in [-0.2, -0.15) is 0 Å². The van der Waals surface area contributed by atoms with Crippen molar-refractivity contribution in [1.82, 2.24) is 9.97 Å². The second-order valence-corrected chi connectivity index (χ2v) is 6.00. The molecule has 0 bridgehead atoms. The van der Waals surface area contributed by atoms with E-state index in [0.717, 1.165) is 17.9 Å². The summed E-state index contributed by atoms with van der Waals surface area (Å²) < 4.78 is 0. The molecule has 2 aromatic rings. The van der Waals surface area contributed by atoms with Crippen molar-refractivity contribution in [3.8, 4) is 0 Å². The van der Waals surface area contributed by atoms with Crippen molar-refractivity contribution in [2.45, 2.75) is 44.9 Å². The van der Waals surface area contributed by atoms with Gasteiger partial charge in [-0.25, -0.2) is 9.97 Å². The van der Waals surface area contributed by atoms with Crippen LogP contribution in [0.1, 0.15) is 54.2 Å². The maximum Gasteiger partial charge on any atom is 0.134 e. The highest BCUT2D eigenvalue weighted by Gasteiger charge is 2.19. The molecular formula is C17H19ClN2. The molecule has 1 aliphatic carbocycles. The first-order valence-corrected chi connectivity index (χ1v) is 7.68. The number of hydrogen-bond acceptors (Lipinski definition) is 2. The van der Waals surface area contributed by atoms with Crippen molar-refractivity contribution >= 4 is 11.6 Å². The van der Waals surface area contributed by atoms with Crippen LogP contribution in [0.3, 0.4) is 0 Å². The van der Waals surface area contributed by atoms with E-state index in [1.807, 2.05) is 6.07 Å². The monoisotopic (exact) mass is 286 g/mol. The molecule has 1 aromatic heterocycles. The SMILES string of the molecule is Cc1ccccc1Cc1nc(Cl)cc(C2CCCC2)n1. The van der Waals surface area contributed by atoms with Crippen LogP contribution in [0, 0.1) is 6.92 Å². The van der Waals surface area contributed by atoms with Gasteiger partial charge in [0.05, 0.1) is 0 Å². The van der Waals surface area contributed by atoms with Gasteiger partial charge in [-0.1, -0.05) is 48.7 Å². The fraction of sp³-hybridized carbons (Fsp3) is 0.412. The minimum Gasteiger partial charge on any atom is -0.237 e. The van der Waals surface area contributed by atoms with E-state index in [2.05, 4.69) is 36.2 Å². The van der Waals surface area contributed by atoms with Crippen molar-refractivity contribution < 1.29 is 0 Å². The Morgan fingerprint density at radius 1 is 1.15 bits per heavy atom. The molecule has 0 amide bonds. The van der Waals surface area contributed by atoms with Crippen LogP contribution in [-0.2, 0) is 6.42 Å². The van der Waals surface area contributed by atoms with Gasteiger partial charge in [-0.05, 0) is 37.0 Å². The molecule has 1 heterocycles. The van der Waals surface area contributed by atoms with Gasteiger partial charge in [0.1, 0.15) is 11.0 Å². The molecule has 1 fully saturated rings. The Balaban J connectivity index is 1.88. The van der Waals surface area contributed by atoms with E-state index in [4.69, 9.17) is 16.6 Å². The highest BCUT2D eigenvalue weighted by atomic mass is 35.5. The van der Waals surface area contributed by atoms with Crippen LogP contribution in [0.15, 0.2) is 30.3 Å². The molecule has 1 saturated carbocycles. The maximum absolute atomic E-state index is 6.18. The molecule has 0 spiro atoms. The summed E-state index contributed by atoms with van der Waals surface area (Å²) in [5.74, 6) is 1.42. The van der Waals surface area contributed by atoms with Gasteiger partial charge in [0.2, 0.25) is 0 Å². The van der Waals surface area contributed by atoms with Crippen molar-refractivity contribution in [2.75, 3.05) is 0 Å². The normalized spacial score (nSPS) is 15.7. The first-order valence-electron chi connectivity index (χ1n) is 7.30. The van der Waals surface area contributed by atoms with Crippen LogP contribution in [-0.4, -0.2) is 9.97 Å². The number of aryl methyl sites for hydroxylation is 1. The molecule has 0 atom stereocenters. The number of benzene rings is 1. The Hall–Kier alpha value is -1.41. The summed E-state index contributed by atoms with van der Waals surface area (Å²) in [5, 5.41) is 0.575. The van der Waals surface area contributed by atoms with Crippen LogP contribution in [0.4, 0.5) is 0 Å². The summed E-state index contributed by atoms with van der Waals surface area (Å²) in [5.41, 5.74) is 3.68. The molecule has 3 heteroatoms. The van der Waals surface area contributed by atoms with Crippen LogP contribution in [0.25, 0.3) is 0 Å². The standard InChI is InChI=1S/C17H19ClN2/c1-12-6-2-3-9-14(12)10-17-19-15(11-16(18)20-17)13-7-4-5-8-13/h2-3,6,9,11,13H,4-5,7-8,10H2,1H3. The Morgan fingerprint density at radius 3 is 2.65 bits per heavy atom. The predicted octanol–water partition coefficient (Wildman–Crippen LogP) is 4.69. The zero-order chi connectivity index (χ0) is 13.9. The lowest BCUT2D eigenvalue weighted by Gasteiger charge is -2.11. The lowest BCUT2D eigenvalue weighted by molar-refractivity contribution is 0.686.